The van der Waals surface area contributed by atoms with Crippen LogP contribution in [0.4, 0.5) is 0 Å². The van der Waals surface area contributed by atoms with Gasteiger partial charge in [-0.05, 0) is 18.4 Å². The maximum atomic E-state index is 5.45. The number of rotatable bonds is 5. The lowest BCUT2D eigenvalue weighted by atomic mass is 10.0. The van der Waals surface area contributed by atoms with E-state index in [4.69, 9.17) is 4.52 Å². The molecule has 0 atom stereocenters. The molecule has 6 heteroatoms. The molecule has 2 aromatic heterocycles. The van der Waals surface area contributed by atoms with Gasteiger partial charge in [0.25, 0.3) is 0 Å². The first-order valence-corrected chi connectivity index (χ1v) is 9.00. The molecule has 2 aromatic carbocycles. The van der Waals surface area contributed by atoms with Crippen molar-refractivity contribution in [3.05, 3.63) is 71.9 Å². The topological polar surface area (TPSA) is 69.6 Å². The van der Waals surface area contributed by atoms with Crippen molar-refractivity contribution in [3.8, 4) is 22.8 Å². The zero-order valence-corrected chi connectivity index (χ0v) is 15.6. The third-order valence-electron chi connectivity index (χ3n) is 4.40. The van der Waals surface area contributed by atoms with Gasteiger partial charge in [0.1, 0.15) is 12.4 Å². The standard InChI is InChI=1S/C21H21N5O/c1-14(2)16-9-11-17(12-10-16)20-23-19(27-25-20)13-26-21(22-15(3)24-26)18-7-5-4-6-8-18/h4-12,14H,13H2,1-3H3. The fourth-order valence-electron chi connectivity index (χ4n) is 2.95. The van der Waals surface area contributed by atoms with E-state index in [-0.39, 0.29) is 0 Å². The third-order valence-corrected chi connectivity index (χ3v) is 4.40. The van der Waals surface area contributed by atoms with E-state index < -0.39 is 0 Å². The largest absolute Gasteiger partial charge is 0.337 e. The first-order valence-electron chi connectivity index (χ1n) is 9.00. The highest BCUT2D eigenvalue weighted by Gasteiger charge is 2.15. The molecule has 2 heterocycles. The van der Waals surface area contributed by atoms with Crippen LogP contribution in [0.3, 0.4) is 0 Å². The second-order valence-corrected chi connectivity index (χ2v) is 6.79. The van der Waals surface area contributed by atoms with Crippen molar-refractivity contribution in [2.24, 2.45) is 0 Å². The zero-order valence-electron chi connectivity index (χ0n) is 15.6. The lowest BCUT2D eigenvalue weighted by molar-refractivity contribution is 0.366. The predicted molar refractivity (Wildman–Crippen MR) is 103 cm³/mol. The summed E-state index contributed by atoms with van der Waals surface area (Å²) >= 11 is 0. The van der Waals surface area contributed by atoms with Crippen LogP contribution in [-0.2, 0) is 6.54 Å². The summed E-state index contributed by atoms with van der Waals surface area (Å²) in [7, 11) is 0. The number of nitrogens with zero attached hydrogens (tertiary/aromatic N) is 5. The van der Waals surface area contributed by atoms with Gasteiger partial charge in [0.15, 0.2) is 5.82 Å². The summed E-state index contributed by atoms with van der Waals surface area (Å²) in [4.78, 5) is 9.06. The van der Waals surface area contributed by atoms with Gasteiger partial charge in [-0.25, -0.2) is 9.67 Å². The van der Waals surface area contributed by atoms with Crippen molar-refractivity contribution in [2.45, 2.75) is 33.2 Å². The van der Waals surface area contributed by atoms with Crippen LogP contribution in [0.5, 0.6) is 0 Å². The van der Waals surface area contributed by atoms with Gasteiger partial charge in [-0.1, -0.05) is 73.6 Å². The molecule has 0 aliphatic heterocycles. The van der Waals surface area contributed by atoms with Gasteiger partial charge in [-0.15, -0.1) is 0 Å². The van der Waals surface area contributed by atoms with E-state index in [0.29, 0.717) is 30.0 Å². The fourth-order valence-corrected chi connectivity index (χ4v) is 2.95. The van der Waals surface area contributed by atoms with Gasteiger partial charge in [0.2, 0.25) is 11.7 Å². The molecule has 4 aromatic rings. The highest BCUT2D eigenvalue weighted by molar-refractivity contribution is 5.56. The normalized spacial score (nSPS) is 11.3. The molecule has 0 saturated heterocycles. The first-order chi connectivity index (χ1) is 13.1. The molecule has 0 aliphatic carbocycles. The van der Waals surface area contributed by atoms with E-state index in [1.54, 1.807) is 4.68 Å². The molecular weight excluding hydrogens is 338 g/mol. The van der Waals surface area contributed by atoms with E-state index in [1.807, 2.05) is 49.4 Å². The maximum Gasteiger partial charge on any atom is 0.248 e. The average molecular weight is 359 g/mol. The Morgan fingerprint density at radius 3 is 2.37 bits per heavy atom. The molecule has 0 spiro atoms. The number of hydrogen-bond acceptors (Lipinski definition) is 5. The van der Waals surface area contributed by atoms with Gasteiger partial charge >= 0.3 is 0 Å². The second-order valence-electron chi connectivity index (χ2n) is 6.79. The minimum absolute atomic E-state index is 0.377. The Bertz CT molecular complexity index is 1030. The highest BCUT2D eigenvalue weighted by atomic mass is 16.5. The summed E-state index contributed by atoms with van der Waals surface area (Å²) in [5.41, 5.74) is 3.22. The van der Waals surface area contributed by atoms with E-state index in [1.165, 1.54) is 5.56 Å². The Hall–Kier alpha value is -3.28. The lowest BCUT2D eigenvalue weighted by Crippen LogP contribution is -2.04. The molecule has 0 saturated carbocycles. The van der Waals surface area contributed by atoms with Crippen molar-refractivity contribution in [2.75, 3.05) is 0 Å². The van der Waals surface area contributed by atoms with Crippen LogP contribution >= 0.6 is 0 Å². The highest BCUT2D eigenvalue weighted by Crippen LogP contribution is 2.22. The minimum atomic E-state index is 0.377. The number of hydrogen-bond donors (Lipinski definition) is 0. The molecular formula is C21H21N5O. The van der Waals surface area contributed by atoms with Crippen molar-refractivity contribution in [1.82, 2.24) is 24.9 Å². The van der Waals surface area contributed by atoms with Gasteiger partial charge in [-0.2, -0.15) is 10.1 Å². The molecule has 4 rings (SSSR count). The van der Waals surface area contributed by atoms with Crippen LogP contribution in [0, 0.1) is 6.92 Å². The van der Waals surface area contributed by atoms with Crippen LogP contribution in [0.1, 0.15) is 37.0 Å². The average Bonchev–Trinajstić information content (AvgIpc) is 3.29. The third kappa shape index (κ3) is 3.65. The van der Waals surface area contributed by atoms with Crippen LogP contribution < -0.4 is 0 Å². The fraction of sp³-hybridized carbons (Fsp3) is 0.238. The Morgan fingerprint density at radius 1 is 0.926 bits per heavy atom. The van der Waals surface area contributed by atoms with Gasteiger partial charge in [-0.3, -0.25) is 0 Å². The summed E-state index contributed by atoms with van der Waals surface area (Å²) in [6.45, 7) is 6.60. The number of benzene rings is 2. The zero-order chi connectivity index (χ0) is 18.8. The molecule has 6 nitrogen and oxygen atoms in total. The number of aryl methyl sites for hydroxylation is 1. The van der Waals surface area contributed by atoms with Crippen LogP contribution in [-0.4, -0.2) is 24.9 Å². The Morgan fingerprint density at radius 2 is 1.67 bits per heavy atom. The van der Waals surface area contributed by atoms with E-state index in [9.17, 15) is 0 Å². The molecule has 0 N–H and O–H groups in total. The molecule has 0 unspecified atom stereocenters. The van der Waals surface area contributed by atoms with Crippen molar-refractivity contribution in [1.29, 1.82) is 0 Å². The summed E-state index contributed by atoms with van der Waals surface area (Å²) in [5.74, 6) is 3.07. The van der Waals surface area contributed by atoms with Crippen molar-refractivity contribution < 1.29 is 4.52 Å². The molecule has 0 radical (unpaired) electrons. The van der Waals surface area contributed by atoms with E-state index in [0.717, 1.165) is 17.0 Å². The second kappa shape index (κ2) is 7.15. The summed E-state index contributed by atoms with van der Waals surface area (Å²) in [5, 5.41) is 8.59. The van der Waals surface area contributed by atoms with Crippen LogP contribution in [0.15, 0.2) is 59.1 Å². The first kappa shape index (κ1) is 17.1. The summed E-state index contributed by atoms with van der Waals surface area (Å²) < 4.78 is 7.25. The Labute approximate surface area is 157 Å². The van der Waals surface area contributed by atoms with Gasteiger partial charge < -0.3 is 4.52 Å². The summed E-state index contributed by atoms with van der Waals surface area (Å²) in [6.07, 6.45) is 0. The van der Waals surface area contributed by atoms with Gasteiger partial charge in [0.05, 0.1) is 0 Å². The molecule has 0 bridgehead atoms. The van der Waals surface area contributed by atoms with Crippen LogP contribution in [0.2, 0.25) is 0 Å². The maximum absolute atomic E-state index is 5.45. The molecule has 0 fully saturated rings. The molecule has 27 heavy (non-hydrogen) atoms. The summed E-state index contributed by atoms with van der Waals surface area (Å²) in [6, 6.07) is 18.2. The Balaban J connectivity index is 1.59. The van der Waals surface area contributed by atoms with Gasteiger partial charge in [0, 0.05) is 11.1 Å². The number of aromatic nitrogens is 5. The van der Waals surface area contributed by atoms with E-state index >= 15 is 0 Å². The Kier molecular flexibility index (Phi) is 4.54. The smallest absolute Gasteiger partial charge is 0.248 e. The quantitative estimate of drug-likeness (QED) is 0.526. The van der Waals surface area contributed by atoms with Crippen LogP contribution in [0.25, 0.3) is 22.8 Å². The minimum Gasteiger partial charge on any atom is -0.337 e. The van der Waals surface area contributed by atoms with E-state index in [2.05, 4.69) is 46.2 Å². The monoisotopic (exact) mass is 359 g/mol. The SMILES string of the molecule is Cc1nc(-c2ccccc2)n(Cc2nc(-c3ccc(C(C)C)cc3)no2)n1. The molecule has 0 amide bonds. The van der Waals surface area contributed by atoms with Crippen molar-refractivity contribution in [3.63, 3.8) is 0 Å². The predicted octanol–water partition coefficient (Wildman–Crippen LogP) is 4.48. The van der Waals surface area contributed by atoms with Crippen molar-refractivity contribution >= 4 is 0 Å². The lowest BCUT2D eigenvalue weighted by Gasteiger charge is -2.04. The molecule has 0 aliphatic rings. The molecule has 136 valence electrons.